The Bertz CT molecular complexity index is 1510. The second-order valence-corrected chi connectivity index (χ2v) is 9.20. The summed E-state index contributed by atoms with van der Waals surface area (Å²) < 4.78 is 2.83. The number of fused-ring (bicyclic) bond motifs is 2. The quantitative estimate of drug-likeness (QED) is 0.458. The van der Waals surface area contributed by atoms with Crippen LogP contribution in [-0.2, 0) is 36.1 Å². The van der Waals surface area contributed by atoms with Gasteiger partial charge in [-0.25, -0.2) is 4.68 Å². The summed E-state index contributed by atoms with van der Waals surface area (Å²) in [4.78, 5) is 65.0. The van der Waals surface area contributed by atoms with Gasteiger partial charge in [0, 0.05) is 37.7 Å². The van der Waals surface area contributed by atoms with E-state index < -0.39 is 11.9 Å². The number of aromatic amines is 1. The van der Waals surface area contributed by atoms with Crippen LogP contribution in [0.4, 0.5) is 0 Å². The number of nitrogens with one attached hydrogen (secondary N) is 2. The van der Waals surface area contributed by atoms with Gasteiger partial charge in [0.25, 0.3) is 17.4 Å². The number of carbonyl (C=O) groups is 4. The fourth-order valence-corrected chi connectivity index (χ4v) is 5.07. The van der Waals surface area contributed by atoms with Crippen LogP contribution in [0.1, 0.15) is 50.5 Å². The number of carbonyl (C=O) groups excluding carboxylic acids is 4. The average molecular weight is 490 g/mol. The predicted octanol–water partition coefficient (Wildman–Crippen LogP) is -0.746. The molecule has 0 saturated carbocycles. The minimum absolute atomic E-state index is 0.0784. The van der Waals surface area contributed by atoms with Gasteiger partial charge in [-0.05, 0) is 30.5 Å². The molecular formula is C23H22N8O5. The highest BCUT2D eigenvalue weighted by Gasteiger charge is 2.39. The van der Waals surface area contributed by atoms with E-state index in [0.717, 1.165) is 5.56 Å². The number of amides is 4. The van der Waals surface area contributed by atoms with Gasteiger partial charge in [0.2, 0.25) is 11.8 Å². The van der Waals surface area contributed by atoms with Crippen LogP contribution in [0.25, 0.3) is 5.69 Å². The van der Waals surface area contributed by atoms with Crippen molar-refractivity contribution < 1.29 is 19.2 Å². The van der Waals surface area contributed by atoms with Gasteiger partial charge in [0.15, 0.2) is 5.69 Å². The third kappa shape index (κ3) is 3.42. The summed E-state index contributed by atoms with van der Waals surface area (Å²) in [5.74, 6) is -1.39. The first kappa shape index (κ1) is 21.9. The van der Waals surface area contributed by atoms with E-state index in [1.807, 2.05) is 0 Å². The zero-order valence-corrected chi connectivity index (χ0v) is 19.4. The average Bonchev–Trinajstić information content (AvgIpc) is 3.55. The van der Waals surface area contributed by atoms with Gasteiger partial charge in [0.05, 0.1) is 24.1 Å². The lowest BCUT2D eigenvalue weighted by atomic mass is 10.0. The number of aromatic nitrogens is 5. The van der Waals surface area contributed by atoms with E-state index in [4.69, 9.17) is 0 Å². The standard InChI is InChI=1S/C23H22N8O5/c1-28-21(34)14-6-7-29(10-16(14)26-28)23(36)17-11-31(27-25-17)13-3-2-12-9-30(22(35)15(12)8-13)18-4-5-19(32)24-20(18)33/h2-3,8,11,18,26H,4-7,9-10H2,1H3,(H,24,32,33). The Kier molecular flexibility index (Phi) is 4.88. The van der Waals surface area contributed by atoms with E-state index in [0.29, 0.717) is 41.9 Å². The van der Waals surface area contributed by atoms with Crippen molar-refractivity contribution in [2.75, 3.05) is 6.54 Å². The number of imide groups is 1. The molecule has 0 spiro atoms. The molecule has 1 unspecified atom stereocenters. The zero-order chi connectivity index (χ0) is 25.1. The van der Waals surface area contributed by atoms with Crippen LogP contribution in [-0.4, -0.2) is 70.8 Å². The zero-order valence-electron chi connectivity index (χ0n) is 19.4. The molecule has 5 heterocycles. The van der Waals surface area contributed by atoms with Crippen molar-refractivity contribution in [1.82, 2.24) is 39.9 Å². The molecule has 0 radical (unpaired) electrons. The number of benzene rings is 1. The number of hydrogen-bond donors (Lipinski definition) is 2. The van der Waals surface area contributed by atoms with E-state index in [9.17, 15) is 24.0 Å². The number of nitrogens with zero attached hydrogens (tertiary/aromatic N) is 6. The Hall–Kier alpha value is -4.55. The molecule has 3 aliphatic rings. The van der Waals surface area contributed by atoms with Gasteiger partial charge in [-0.1, -0.05) is 11.3 Å². The smallest absolute Gasteiger partial charge is 0.276 e. The molecule has 2 aromatic heterocycles. The van der Waals surface area contributed by atoms with Gasteiger partial charge >= 0.3 is 0 Å². The maximum absolute atomic E-state index is 13.1. The first-order valence-corrected chi connectivity index (χ1v) is 11.6. The Morgan fingerprint density at radius 3 is 2.75 bits per heavy atom. The molecule has 13 nitrogen and oxygen atoms in total. The van der Waals surface area contributed by atoms with Crippen molar-refractivity contribution in [2.45, 2.75) is 38.4 Å². The summed E-state index contributed by atoms with van der Waals surface area (Å²) in [6.45, 7) is 0.955. The predicted molar refractivity (Wildman–Crippen MR) is 122 cm³/mol. The van der Waals surface area contributed by atoms with Crippen molar-refractivity contribution in [3.05, 3.63) is 62.8 Å². The fraction of sp³-hybridized carbons (Fsp3) is 0.348. The molecule has 1 fully saturated rings. The van der Waals surface area contributed by atoms with Gasteiger partial charge in [-0.15, -0.1) is 5.10 Å². The third-order valence-electron chi connectivity index (χ3n) is 6.99. The van der Waals surface area contributed by atoms with E-state index >= 15 is 0 Å². The van der Waals surface area contributed by atoms with Crippen LogP contribution in [0.3, 0.4) is 0 Å². The van der Waals surface area contributed by atoms with Crippen LogP contribution < -0.4 is 10.9 Å². The Morgan fingerprint density at radius 2 is 1.94 bits per heavy atom. The Labute approximate surface area is 203 Å². The number of hydrogen-bond acceptors (Lipinski definition) is 7. The lowest BCUT2D eigenvalue weighted by Crippen LogP contribution is -2.52. The summed E-state index contributed by atoms with van der Waals surface area (Å²) in [7, 11) is 1.64. The molecule has 6 rings (SSSR count). The number of rotatable bonds is 3. The van der Waals surface area contributed by atoms with Crippen LogP contribution in [0, 0.1) is 0 Å². The van der Waals surface area contributed by atoms with Gasteiger partial charge in [0.1, 0.15) is 6.04 Å². The van der Waals surface area contributed by atoms with Gasteiger partial charge in [-0.3, -0.25) is 39.1 Å². The molecule has 0 bridgehead atoms. The van der Waals surface area contributed by atoms with Crippen molar-refractivity contribution in [1.29, 1.82) is 0 Å². The summed E-state index contributed by atoms with van der Waals surface area (Å²) in [5.41, 5.74) is 3.24. The highest BCUT2D eigenvalue weighted by Crippen LogP contribution is 2.29. The molecule has 4 amide bonds. The number of H-pyrrole nitrogens is 1. The molecular weight excluding hydrogens is 468 g/mol. The van der Waals surface area contributed by atoms with E-state index in [2.05, 4.69) is 20.7 Å². The molecule has 13 heteroatoms. The SMILES string of the molecule is Cn1[nH]c2c(c1=O)CCN(C(=O)c1cn(-c3ccc4c(c3)C(=O)N(C3CCC(=O)NC3=O)C4)nn1)C2. The Balaban J connectivity index is 1.20. The third-order valence-corrected chi connectivity index (χ3v) is 6.99. The number of piperidine rings is 1. The fourth-order valence-electron chi connectivity index (χ4n) is 5.07. The van der Waals surface area contributed by atoms with E-state index in [1.54, 1.807) is 30.1 Å². The van der Waals surface area contributed by atoms with Crippen molar-refractivity contribution in [2.24, 2.45) is 7.05 Å². The molecule has 3 aromatic rings. The summed E-state index contributed by atoms with van der Waals surface area (Å²) in [5, 5.41) is 13.4. The van der Waals surface area contributed by atoms with Crippen LogP contribution >= 0.6 is 0 Å². The van der Waals surface area contributed by atoms with Gasteiger partial charge < -0.3 is 9.80 Å². The first-order valence-electron chi connectivity index (χ1n) is 11.6. The normalized spacial score (nSPS) is 19.4. The monoisotopic (exact) mass is 490 g/mol. The topological polar surface area (TPSA) is 155 Å². The lowest BCUT2D eigenvalue weighted by Gasteiger charge is -2.29. The molecule has 36 heavy (non-hydrogen) atoms. The maximum atomic E-state index is 13.1. The minimum atomic E-state index is -0.689. The largest absolute Gasteiger partial charge is 0.331 e. The molecule has 3 aliphatic heterocycles. The highest BCUT2D eigenvalue weighted by atomic mass is 16.2. The van der Waals surface area contributed by atoms with Crippen LogP contribution in [0.15, 0.2) is 29.2 Å². The molecule has 184 valence electrons. The lowest BCUT2D eigenvalue weighted by molar-refractivity contribution is -0.136. The first-order chi connectivity index (χ1) is 17.3. The molecule has 1 saturated heterocycles. The molecule has 1 atom stereocenters. The summed E-state index contributed by atoms with van der Waals surface area (Å²) in [6.07, 6.45) is 2.45. The Morgan fingerprint density at radius 1 is 1.11 bits per heavy atom. The van der Waals surface area contributed by atoms with E-state index in [1.165, 1.54) is 20.5 Å². The highest BCUT2D eigenvalue weighted by molar-refractivity contribution is 6.05. The van der Waals surface area contributed by atoms with Gasteiger partial charge in [-0.2, -0.15) is 0 Å². The van der Waals surface area contributed by atoms with Crippen molar-refractivity contribution in [3.63, 3.8) is 0 Å². The molecule has 2 N–H and O–H groups in total. The molecule has 0 aliphatic carbocycles. The second kappa shape index (κ2) is 8.00. The maximum Gasteiger partial charge on any atom is 0.276 e. The minimum Gasteiger partial charge on any atom is -0.331 e. The van der Waals surface area contributed by atoms with Crippen molar-refractivity contribution in [3.8, 4) is 5.69 Å². The summed E-state index contributed by atoms with van der Waals surface area (Å²) in [6, 6.07) is 4.53. The van der Waals surface area contributed by atoms with Crippen LogP contribution in [0.2, 0.25) is 0 Å². The second-order valence-electron chi connectivity index (χ2n) is 9.20. The van der Waals surface area contributed by atoms with Crippen molar-refractivity contribution >= 4 is 23.6 Å². The van der Waals surface area contributed by atoms with Crippen LogP contribution in [0.5, 0.6) is 0 Å². The van der Waals surface area contributed by atoms with E-state index in [-0.39, 0.29) is 48.5 Å². The molecule has 1 aromatic carbocycles. The number of aryl methyl sites for hydroxylation is 1. The summed E-state index contributed by atoms with van der Waals surface area (Å²) >= 11 is 0.